The van der Waals surface area contributed by atoms with Crippen LogP contribution in [-0.2, 0) is 11.3 Å². The molecule has 0 aliphatic carbocycles. The summed E-state index contributed by atoms with van der Waals surface area (Å²) in [5.41, 5.74) is 2.06. The van der Waals surface area contributed by atoms with Gasteiger partial charge in [-0.2, -0.15) is 0 Å². The van der Waals surface area contributed by atoms with E-state index in [1.807, 2.05) is 19.1 Å². The topological polar surface area (TPSA) is 67.8 Å². The van der Waals surface area contributed by atoms with Crippen molar-refractivity contribution in [3.8, 4) is 11.5 Å². The zero-order valence-electron chi connectivity index (χ0n) is 11.8. The molecule has 0 saturated carbocycles. The van der Waals surface area contributed by atoms with Gasteiger partial charge in [-0.05, 0) is 18.6 Å². The number of rotatable bonds is 7. The van der Waals surface area contributed by atoms with Crippen molar-refractivity contribution in [3.63, 3.8) is 0 Å². The normalized spacial score (nSPS) is 12.0. The number of benzene rings is 1. The summed E-state index contributed by atoms with van der Waals surface area (Å²) in [5, 5.41) is 12.0. The van der Waals surface area contributed by atoms with Crippen LogP contribution in [0.4, 0.5) is 0 Å². The predicted molar refractivity (Wildman–Crippen MR) is 72.8 cm³/mol. The molecular weight excluding hydrogens is 246 g/mol. The van der Waals surface area contributed by atoms with Gasteiger partial charge in [-0.15, -0.1) is 0 Å². The molecule has 1 aromatic carbocycles. The summed E-state index contributed by atoms with van der Waals surface area (Å²) >= 11 is 0. The molecule has 19 heavy (non-hydrogen) atoms. The van der Waals surface area contributed by atoms with Gasteiger partial charge < -0.3 is 19.9 Å². The third-order valence-corrected chi connectivity index (χ3v) is 3.04. The Morgan fingerprint density at radius 3 is 2.58 bits per heavy atom. The van der Waals surface area contributed by atoms with Crippen LogP contribution in [0, 0.1) is 12.8 Å². The number of carboxylic acids is 1. The Bertz CT molecular complexity index is 445. The van der Waals surface area contributed by atoms with Crippen LogP contribution in [0.15, 0.2) is 12.1 Å². The van der Waals surface area contributed by atoms with Crippen molar-refractivity contribution >= 4 is 5.97 Å². The maximum absolute atomic E-state index is 10.7. The molecule has 0 amide bonds. The highest BCUT2D eigenvalue weighted by molar-refractivity contribution is 5.69. The zero-order chi connectivity index (χ0) is 14.4. The molecule has 0 bridgehead atoms. The number of carbonyl (C=O) groups is 1. The number of carboxylic acid groups (broad SMARTS) is 1. The van der Waals surface area contributed by atoms with Gasteiger partial charge in [0.15, 0.2) is 0 Å². The Kier molecular flexibility index (Phi) is 5.63. The molecule has 5 heteroatoms. The first-order valence-corrected chi connectivity index (χ1v) is 6.14. The summed E-state index contributed by atoms with van der Waals surface area (Å²) in [6.07, 6.45) is 0. The van der Waals surface area contributed by atoms with Crippen LogP contribution in [0.2, 0.25) is 0 Å². The zero-order valence-corrected chi connectivity index (χ0v) is 11.8. The second kappa shape index (κ2) is 6.99. The Labute approximate surface area is 113 Å². The van der Waals surface area contributed by atoms with Crippen LogP contribution in [-0.4, -0.2) is 31.8 Å². The molecule has 106 valence electrons. The van der Waals surface area contributed by atoms with Gasteiger partial charge >= 0.3 is 5.97 Å². The lowest BCUT2D eigenvalue weighted by Crippen LogP contribution is -2.26. The number of aryl methyl sites for hydroxylation is 1. The van der Waals surface area contributed by atoms with E-state index in [2.05, 4.69) is 5.32 Å². The standard InChI is InChI=1S/C14H21NO4/c1-9-5-11(18-3)6-13(19-4)12(9)8-15-7-10(2)14(16)17/h5-6,10,15H,7-8H2,1-4H3,(H,16,17). The highest BCUT2D eigenvalue weighted by Crippen LogP contribution is 2.28. The smallest absolute Gasteiger partial charge is 0.307 e. The summed E-state index contributed by atoms with van der Waals surface area (Å²) in [4.78, 5) is 10.7. The van der Waals surface area contributed by atoms with Crippen LogP contribution in [0.3, 0.4) is 0 Å². The minimum atomic E-state index is -0.800. The van der Waals surface area contributed by atoms with Crippen LogP contribution >= 0.6 is 0 Å². The Balaban J connectivity index is 2.75. The van der Waals surface area contributed by atoms with Gasteiger partial charge in [0, 0.05) is 24.7 Å². The quantitative estimate of drug-likeness (QED) is 0.788. The number of hydrogen-bond donors (Lipinski definition) is 2. The molecule has 1 rings (SSSR count). The first kappa shape index (κ1) is 15.3. The van der Waals surface area contributed by atoms with Crippen LogP contribution in [0.25, 0.3) is 0 Å². The van der Waals surface area contributed by atoms with Crippen LogP contribution in [0.5, 0.6) is 11.5 Å². The first-order chi connectivity index (χ1) is 8.99. The van der Waals surface area contributed by atoms with Crippen LogP contribution in [0.1, 0.15) is 18.1 Å². The van der Waals surface area contributed by atoms with E-state index in [4.69, 9.17) is 14.6 Å². The Morgan fingerprint density at radius 2 is 2.05 bits per heavy atom. The van der Waals surface area contributed by atoms with Crippen molar-refractivity contribution in [2.45, 2.75) is 20.4 Å². The fourth-order valence-corrected chi connectivity index (χ4v) is 1.78. The van der Waals surface area contributed by atoms with E-state index in [9.17, 15) is 4.79 Å². The summed E-state index contributed by atoms with van der Waals surface area (Å²) in [6, 6.07) is 3.75. The molecule has 1 unspecified atom stereocenters. The Hall–Kier alpha value is -1.75. The van der Waals surface area contributed by atoms with Crippen molar-refractivity contribution in [1.29, 1.82) is 0 Å². The van der Waals surface area contributed by atoms with Gasteiger partial charge in [0.05, 0.1) is 20.1 Å². The first-order valence-electron chi connectivity index (χ1n) is 6.14. The molecule has 0 heterocycles. The molecule has 0 aromatic heterocycles. The largest absolute Gasteiger partial charge is 0.497 e. The third kappa shape index (κ3) is 4.13. The third-order valence-electron chi connectivity index (χ3n) is 3.04. The highest BCUT2D eigenvalue weighted by Gasteiger charge is 2.12. The van der Waals surface area contributed by atoms with Crippen molar-refractivity contribution in [3.05, 3.63) is 23.3 Å². The molecule has 1 atom stereocenters. The van der Waals surface area contributed by atoms with Gasteiger partial charge in [-0.3, -0.25) is 4.79 Å². The average Bonchev–Trinajstić information content (AvgIpc) is 2.39. The highest BCUT2D eigenvalue weighted by atomic mass is 16.5. The van der Waals surface area contributed by atoms with Gasteiger partial charge in [-0.1, -0.05) is 6.92 Å². The average molecular weight is 267 g/mol. The van der Waals surface area contributed by atoms with E-state index >= 15 is 0 Å². The molecule has 0 saturated heterocycles. The van der Waals surface area contributed by atoms with E-state index in [1.54, 1.807) is 21.1 Å². The summed E-state index contributed by atoms with van der Waals surface area (Å²) in [5.74, 6) is 0.278. The van der Waals surface area contributed by atoms with Crippen LogP contribution < -0.4 is 14.8 Å². The fraction of sp³-hybridized carbons (Fsp3) is 0.500. The number of methoxy groups -OCH3 is 2. The van der Waals surface area contributed by atoms with Gasteiger partial charge in [-0.25, -0.2) is 0 Å². The number of nitrogens with one attached hydrogen (secondary N) is 1. The van der Waals surface area contributed by atoms with E-state index in [0.717, 1.165) is 22.6 Å². The second-order valence-electron chi connectivity index (χ2n) is 4.50. The monoisotopic (exact) mass is 267 g/mol. The summed E-state index contributed by atoms with van der Waals surface area (Å²) < 4.78 is 10.5. The Morgan fingerprint density at radius 1 is 1.37 bits per heavy atom. The van der Waals surface area contributed by atoms with Crippen molar-refractivity contribution in [2.24, 2.45) is 5.92 Å². The summed E-state index contributed by atoms with van der Waals surface area (Å²) in [6.45, 7) is 4.64. The minimum absolute atomic E-state index is 0.412. The SMILES string of the molecule is COc1cc(C)c(CNCC(C)C(=O)O)c(OC)c1. The summed E-state index contributed by atoms with van der Waals surface area (Å²) in [7, 11) is 3.22. The molecule has 0 spiro atoms. The fourth-order valence-electron chi connectivity index (χ4n) is 1.78. The van der Waals surface area contributed by atoms with E-state index in [0.29, 0.717) is 13.1 Å². The molecule has 0 aliphatic heterocycles. The molecular formula is C14H21NO4. The molecule has 0 fully saturated rings. The van der Waals surface area contributed by atoms with Gasteiger partial charge in [0.1, 0.15) is 11.5 Å². The molecule has 1 aromatic rings. The lowest BCUT2D eigenvalue weighted by molar-refractivity contribution is -0.140. The number of aliphatic carboxylic acids is 1. The van der Waals surface area contributed by atoms with Crippen molar-refractivity contribution in [1.82, 2.24) is 5.32 Å². The maximum Gasteiger partial charge on any atom is 0.307 e. The number of hydrogen-bond acceptors (Lipinski definition) is 4. The molecule has 0 radical (unpaired) electrons. The molecule has 0 aliphatic rings. The molecule has 2 N–H and O–H groups in total. The minimum Gasteiger partial charge on any atom is -0.497 e. The van der Waals surface area contributed by atoms with Crippen molar-refractivity contribution < 1.29 is 19.4 Å². The maximum atomic E-state index is 10.7. The van der Waals surface area contributed by atoms with Gasteiger partial charge in [0.2, 0.25) is 0 Å². The molecule has 5 nitrogen and oxygen atoms in total. The van der Waals surface area contributed by atoms with E-state index < -0.39 is 11.9 Å². The number of ether oxygens (including phenoxy) is 2. The van der Waals surface area contributed by atoms with Crippen molar-refractivity contribution in [2.75, 3.05) is 20.8 Å². The lowest BCUT2D eigenvalue weighted by atomic mass is 10.1. The van der Waals surface area contributed by atoms with E-state index in [1.165, 1.54) is 0 Å². The predicted octanol–water partition coefficient (Wildman–Crippen LogP) is 1.82. The van der Waals surface area contributed by atoms with E-state index in [-0.39, 0.29) is 0 Å². The van der Waals surface area contributed by atoms with Gasteiger partial charge in [0.25, 0.3) is 0 Å². The lowest BCUT2D eigenvalue weighted by Gasteiger charge is -2.15. The second-order valence-corrected chi connectivity index (χ2v) is 4.50.